The van der Waals surface area contributed by atoms with Gasteiger partial charge in [-0.1, -0.05) is 0 Å². The predicted molar refractivity (Wildman–Crippen MR) is 27.4 cm³/mol. The summed E-state index contributed by atoms with van der Waals surface area (Å²) in [5.74, 6) is 0. The number of carbonyl (C=O) groups excluding carboxylic acids is 2. The number of hydrogen-bond donors (Lipinski definition) is 0. The van der Waals surface area contributed by atoms with E-state index in [4.69, 9.17) is 30.0 Å². The SMILES string of the molecule is O.O.O.O=C([O-])[O-].O=C([O-])[O-].[Fe+2].[Mg+2]. The molecule has 6 N–H and O–H groups in total. The van der Waals surface area contributed by atoms with Gasteiger partial charge in [0.2, 0.25) is 0 Å². The first-order chi connectivity index (χ1) is 3.46. The molecule has 78 valence electrons. The normalized spacial score (nSPS) is 3.69. The zero-order valence-corrected chi connectivity index (χ0v) is 8.53. The second kappa shape index (κ2) is 41.2. The maximum atomic E-state index is 8.33. The second-order valence-electron chi connectivity index (χ2n) is 0.500. The van der Waals surface area contributed by atoms with Gasteiger partial charge in [0, 0.05) is 0 Å². The number of carboxylic acid groups (broad SMARTS) is 4. The van der Waals surface area contributed by atoms with Crippen molar-refractivity contribution in [1.29, 1.82) is 0 Å². The Morgan fingerprint density at radius 3 is 0.692 bits per heavy atom. The van der Waals surface area contributed by atoms with Crippen LogP contribution in [0.4, 0.5) is 9.59 Å². The third kappa shape index (κ3) is 12700. The smallest absolute Gasteiger partial charge is 0.652 e. The molecule has 0 aromatic heterocycles. The van der Waals surface area contributed by atoms with Crippen LogP contribution in [0.25, 0.3) is 0 Å². The van der Waals surface area contributed by atoms with Crippen molar-refractivity contribution < 1.29 is 63.5 Å². The molecule has 0 saturated carbocycles. The molecule has 0 aliphatic heterocycles. The van der Waals surface area contributed by atoms with E-state index in [9.17, 15) is 0 Å². The van der Waals surface area contributed by atoms with E-state index in [0.29, 0.717) is 0 Å². The van der Waals surface area contributed by atoms with Gasteiger partial charge in [-0.25, -0.2) is 0 Å². The van der Waals surface area contributed by atoms with Gasteiger partial charge < -0.3 is 46.4 Å². The monoisotopic (exact) mass is 254 g/mol. The molecule has 13 heavy (non-hydrogen) atoms. The maximum absolute atomic E-state index is 8.33. The van der Waals surface area contributed by atoms with Gasteiger partial charge >= 0.3 is 40.1 Å². The molecule has 0 rings (SSSR count). The van der Waals surface area contributed by atoms with Crippen LogP contribution in [-0.2, 0) is 17.1 Å². The van der Waals surface area contributed by atoms with Gasteiger partial charge in [0.05, 0.1) is 0 Å². The van der Waals surface area contributed by atoms with Crippen LogP contribution in [0.15, 0.2) is 0 Å². The summed E-state index contributed by atoms with van der Waals surface area (Å²) in [7, 11) is 0. The first kappa shape index (κ1) is 53.5. The molecule has 0 saturated heterocycles. The molecule has 0 aliphatic carbocycles. The van der Waals surface area contributed by atoms with Gasteiger partial charge in [-0.05, 0) is 12.3 Å². The molecule has 0 bridgehead atoms. The van der Waals surface area contributed by atoms with Crippen molar-refractivity contribution in [2.45, 2.75) is 0 Å². The number of carbonyl (C=O) groups is 2. The van der Waals surface area contributed by atoms with Crippen LogP contribution in [0.1, 0.15) is 0 Å². The first-order valence-corrected chi connectivity index (χ1v) is 1.22. The third-order valence-electron chi connectivity index (χ3n) is 0. The van der Waals surface area contributed by atoms with Gasteiger partial charge in [-0.2, -0.15) is 0 Å². The Morgan fingerprint density at radius 1 is 0.692 bits per heavy atom. The molecule has 0 fully saturated rings. The van der Waals surface area contributed by atoms with E-state index in [-0.39, 0.29) is 56.6 Å². The molecule has 0 aromatic carbocycles. The molecular weight excluding hydrogens is 248 g/mol. The molecule has 0 aliphatic rings. The minimum absolute atomic E-state index is 0. The Morgan fingerprint density at radius 2 is 0.692 bits per heavy atom. The fourth-order valence-electron chi connectivity index (χ4n) is 0. The quantitative estimate of drug-likeness (QED) is 0.381. The number of hydrogen-bond acceptors (Lipinski definition) is 6. The van der Waals surface area contributed by atoms with Gasteiger partial charge in [-0.3, -0.25) is 0 Å². The summed E-state index contributed by atoms with van der Waals surface area (Å²) in [5.41, 5.74) is 0. The Bertz CT molecular complexity index is 75.6. The van der Waals surface area contributed by atoms with E-state index in [0.717, 1.165) is 0 Å². The molecule has 0 radical (unpaired) electrons. The minimum atomic E-state index is -2.33. The maximum Gasteiger partial charge on any atom is 2.00 e. The average Bonchev–Trinajstić information content (AvgIpc) is 1.25. The molecule has 11 heteroatoms. The molecule has 0 aromatic rings. The Hall–Kier alpha value is -0.294. The van der Waals surface area contributed by atoms with E-state index in [1.54, 1.807) is 0 Å². The van der Waals surface area contributed by atoms with E-state index < -0.39 is 12.3 Å². The zero-order chi connectivity index (χ0) is 7.15. The molecular formula is C2H6FeMgO9. The van der Waals surface area contributed by atoms with E-state index in [2.05, 4.69) is 0 Å². The van der Waals surface area contributed by atoms with Crippen LogP contribution in [0.5, 0.6) is 0 Å². The van der Waals surface area contributed by atoms with Crippen LogP contribution >= 0.6 is 0 Å². The zero-order valence-electron chi connectivity index (χ0n) is 6.01. The summed E-state index contributed by atoms with van der Waals surface area (Å²) in [5, 5.41) is 33.3. The molecule has 0 heterocycles. The van der Waals surface area contributed by atoms with Gasteiger partial charge in [0.1, 0.15) is 0 Å². The average molecular weight is 254 g/mol. The summed E-state index contributed by atoms with van der Waals surface area (Å²) in [4.78, 5) is 16.7. The van der Waals surface area contributed by atoms with Crippen LogP contribution in [0, 0.1) is 0 Å². The largest absolute Gasteiger partial charge is 2.00 e. The van der Waals surface area contributed by atoms with Gasteiger partial charge in [0.25, 0.3) is 0 Å². The van der Waals surface area contributed by atoms with Crippen molar-refractivity contribution in [3.05, 3.63) is 0 Å². The fraction of sp³-hybridized carbons (Fsp3) is 0. The van der Waals surface area contributed by atoms with Gasteiger partial charge in [0.15, 0.2) is 0 Å². The molecule has 0 amide bonds. The van der Waals surface area contributed by atoms with Crippen molar-refractivity contribution in [3.8, 4) is 0 Å². The minimum Gasteiger partial charge on any atom is -0.652 e. The van der Waals surface area contributed by atoms with Crippen molar-refractivity contribution in [3.63, 3.8) is 0 Å². The molecule has 0 atom stereocenters. The topological polar surface area (TPSA) is 221 Å². The predicted octanol–water partition coefficient (Wildman–Crippen LogP) is -7.75. The first-order valence-electron chi connectivity index (χ1n) is 1.22. The summed E-state index contributed by atoms with van der Waals surface area (Å²) in [6, 6.07) is 0. The summed E-state index contributed by atoms with van der Waals surface area (Å²) < 4.78 is 0. The third-order valence-corrected chi connectivity index (χ3v) is 0. The van der Waals surface area contributed by atoms with E-state index in [1.807, 2.05) is 0 Å². The fourth-order valence-corrected chi connectivity index (χ4v) is 0. The van der Waals surface area contributed by atoms with E-state index >= 15 is 0 Å². The van der Waals surface area contributed by atoms with Crippen LogP contribution < -0.4 is 20.4 Å². The summed E-state index contributed by atoms with van der Waals surface area (Å²) in [6.45, 7) is 0. The Balaban J connectivity index is -0.00000000800. The van der Waals surface area contributed by atoms with Crippen molar-refractivity contribution in [2.75, 3.05) is 0 Å². The second-order valence-corrected chi connectivity index (χ2v) is 0.500. The molecule has 9 nitrogen and oxygen atoms in total. The molecule has 0 spiro atoms. The van der Waals surface area contributed by atoms with Crippen LogP contribution in [0.3, 0.4) is 0 Å². The Kier molecular flexibility index (Phi) is 170. The van der Waals surface area contributed by atoms with Crippen LogP contribution in [0.2, 0.25) is 0 Å². The standard InChI is InChI=1S/2CH2O3.Fe.Mg.3H2O/c2*2-1(3)4;;;;;/h2*(H2,2,3,4);;;3*1H2/q;;2*+2;;;/p-4. The number of rotatable bonds is 0. The summed E-state index contributed by atoms with van der Waals surface area (Å²) >= 11 is 0. The van der Waals surface area contributed by atoms with Crippen molar-refractivity contribution >= 4 is 35.4 Å². The van der Waals surface area contributed by atoms with Gasteiger partial charge in [-0.15, -0.1) is 0 Å². The van der Waals surface area contributed by atoms with Crippen molar-refractivity contribution in [1.82, 2.24) is 0 Å². The Labute approximate surface area is 98.9 Å². The van der Waals surface area contributed by atoms with Crippen LogP contribution in [-0.4, -0.2) is 51.8 Å². The molecule has 0 unspecified atom stereocenters. The van der Waals surface area contributed by atoms with E-state index in [1.165, 1.54) is 0 Å². The van der Waals surface area contributed by atoms with Crippen molar-refractivity contribution in [2.24, 2.45) is 0 Å². The summed E-state index contributed by atoms with van der Waals surface area (Å²) in [6.07, 6.45) is -4.67.